The van der Waals surface area contributed by atoms with E-state index in [0.29, 0.717) is 5.92 Å². The van der Waals surface area contributed by atoms with E-state index in [0.717, 1.165) is 50.2 Å². The van der Waals surface area contributed by atoms with Gasteiger partial charge in [-0.15, -0.1) is 11.3 Å². The van der Waals surface area contributed by atoms with Crippen LogP contribution in [0.3, 0.4) is 0 Å². The first kappa shape index (κ1) is 13.1. The molecule has 1 saturated carbocycles. The lowest BCUT2D eigenvalue weighted by Gasteiger charge is -2.34. The van der Waals surface area contributed by atoms with Crippen molar-refractivity contribution in [1.82, 2.24) is 9.88 Å². The van der Waals surface area contributed by atoms with Crippen molar-refractivity contribution in [3.05, 3.63) is 16.6 Å². The zero-order valence-corrected chi connectivity index (χ0v) is 11.8. The van der Waals surface area contributed by atoms with Crippen molar-refractivity contribution in [1.29, 1.82) is 0 Å². The Labute approximate surface area is 117 Å². The lowest BCUT2D eigenvalue weighted by atomic mass is 9.96. The summed E-state index contributed by atoms with van der Waals surface area (Å²) in [5.41, 5.74) is 0. The molecule has 1 aliphatic carbocycles. The summed E-state index contributed by atoms with van der Waals surface area (Å²) in [5, 5.41) is 13.0. The van der Waals surface area contributed by atoms with Gasteiger partial charge in [0.2, 0.25) is 5.91 Å². The van der Waals surface area contributed by atoms with Crippen LogP contribution in [0.25, 0.3) is 0 Å². The number of aliphatic hydroxyl groups excluding tert-OH is 1. The smallest absolute Gasteiger partial charge is 0.228 e. The Balaban J connectivity index is 1.66. The number of thiazole rings is 1. The normalized spacial score (nSPS) is 31.6. The van der Waals surface area contributed by atoms with E-state index in [1.54, 1.807) is 11.3 Å². The maximum atomic E-state index is 12.5. The van der Waals surface area contributed by atoms with Gasteiger partial charge in [-0.1, -0.05) is 0 Å². The van der Waals surface area contributed by atoms with E-state index < -0.39 is 6.10 Å². The summed E-state index contributed by atoms with van der Waals surface area (Å²) in [5.74, 6) is 0.387. The molecule has 3 atom stereocenters. The van der Waals surface area contributed by atoms with Crippen LogP contribution in [-0.4, -0.2) is 40.1 Å². The molecule has 2 heterocycles. The number of amides is 1. The molecule has 1 aromatic rings. The van der Waals surface area contributed by atoms with Crippen LogP contribution >= 0.6 is 11.3 Å². The molecule has 0 bridgehead atoms. The number of hydrogen-bond donors (Lipinski definition) is 1. The third-order valence-electron chi connectivity index (χ3n) is 4.33. The maximum Gasteiger partial charge on any atom is 0.228 e. The molecule has 1 amide bonds. The number of likely N-dealkylation sites (tertiary alicyclic amines) is 1. The van der Waals surface area contributed by atoms with Gasteiger partial charge in [-0.05, 0) is 32.1 Å². The Morgan fingerprint density at radius 1 is 1.37 bits per heavy atom. The Morgan fingerprint density at radius 2 is 2.26 bits per heavy atom. The average Bonchev–Trinajstić information content (AvgIpc) is 3.09. The van der Waals surface area contributed by atoms with Crippen LogP contribution in [0.2, 0.25) is 0 Å². The number of nitrogens with zero attached hydrogens (tertiary/aromatic N) is 2. The molecular formula is C14H20N2O2S. The summed E-state index contributed by atoms with van der Waals surface area (Å²) in [6.07, 6.45) is 6.16. The van der Waals surface area contributed by atoms with Crippen LogP contribution in [0.4, 0.5) is 0 Å². The molecule has 0 aromatic carbocycles. The molecule has 1 saturated heterocycles. The molecule has 4 nitrogen and oxygen atoms in total. The monoisotopic (exact) mass is 280 g/mol. The first-order valence-electron chi connectivity index (χ1n) is 7.12. The van der Waals surface area contributed by atoms with Gasteiger partial charge in [-0.2, -0.15) is 0 Å². The van der Waals surface area contributed by atoms with Crippen molar-refractivity contribution in [2.24, 2.45) is 5.92 Å². The van der Waals surface area contributed by atoms with Gasteiger partial charge in [0.15, 0.2) is 0 Å². The van der Waals surface area contributed by atoms with E-state index in [9.17, 15) is 9.90 Å². The van der Waals surface area contributed by atoms with Gasteiger partial charge < -0.3 is 10.0 Å². The topological polar surface area (TPSA) is 53.4 Å². The molecule has 1 aromatic heterocycles. The quantitative estimate of drug-likeness (QED) is 0.901. The summed E-state index contributed by atoms with van der Waals surface area (Å²) in [6, 6.07) is 0. The van der Waals surface area contributed by atoms with E-state index in [1.807, 2.05) is 16.5 Å². The third-order valence-corrected chi connectivity index (χ3v) is 5.27. The minimum absolute atomic E-state index is 0.157. The summed E-state index contributed by atoms with van der Waals surface area (Å²) >= 11 is 1.68. The van der Waals surface area contributed by atoms with E-state index in [1.165, 1.54) is 0 Å². The SMILES string of the molecule is O=C(C1CCCC1O)N1CCCC(c2nccs2)C1. The van der Waals surface area contributed by atoms with Crippen molar-refractivity contribution < 1.29 is 9.90 Å². The molecule has 5 heteroatoms. The van der Waals surface area contributed by atoms with Crippen LogP contribution in [0.15, 0.2) is 11.6 Å². The predicted molar refractivity (Wildman–Crippen MR) is 74.0 cm³/mol. The molecule has 19 heavy (non-hydrogen) atoms. The van der Waals surface area contributed by atoms with Gasteiger partial charge in [-0.25, -0.2) is 4.98 Å². The zero-order chi connectivity index (χ0) is 13.2. The van der Waals surface area contributed by atoms with Crippen LogP contribution in [0, 0.1) is 5.92 Å². The lowest BCUT2D eigenvalue weighted by Crippen LogP contribution is -2.44. The fourth-order valence-electron chi connectivity index (χ4n) is 3.28. The van der Waals surface area contributed by atoms with E-state index in [4.69, 9.17) is 0 Å². The van der Waals surface area contributed by atoms with Crippen molar-refractivity contribution >= 4 is 17.2 Å². The molecular weight excluding hydrogens is 260 g/mol. The van der Waals surface area contributed by atoms with Gasteiger partial charge >= 0.3 is 0 Å². The van der Waals surface area contributed by atoms with Crippen molar-refractivity contribution in [3.63, 3.8) is 0 Å². The molecule has 1 N–H and O–H groups in total. The summed E-state index contributed by atoms with van der Waals surface area (Å²) in [4.78, 5) is 18.8. The third kappa shape index (κ3) is 2.67. The molecule has 2 aliphatic rings. The highest BCUT2D eigenvalue weighted by Gasteiger charge is 2.36. The first-order chi connectivity index (χ1) is 9.25. The predicted octanol–water partition coefficient (Wildman–Crippen LogP) is 2.01. The van der Waals surface area contributed by atoms with Gasteiger partial charge in [-0.3, -0.25) is 4.79 Å². The average molecular weight is 280 g/mol. The van der Waals surface area contributed by atoms with Crippen molar-refractivity contribution in [2.75, 3.05) is 13.1 Å². The Bertz CT molecular complexity index is 435. The second-order valence-corrected chi connectivity index (χ2v) is 6.52. The van der Waals surface area contributed by atoms with Crippen LogP contribution in [0.1, 0.15) is 43.0 Å². The number of aromatic nitrogens is 1. The number of rotatable bonds is 2. The standard InChI is InChI=1S/C14H20N2O2S/c17-12-5-1-4-11(12)14(18)16-7-2-3-10(9-16)13-15-6-8-19-13/h6,8,10-12,17H,1-5,7,9H2. The van der Waals surface area contributed by atoms with Gasteiger partial charge in [0, 0.05) is 30.6 Å². The molecule has 3 unspecified atom stereocenters. The highest BCUT2D eigenvalue weighted by atomic mass is 32.1. The number of carbonyl (C=O) groups is 1. The molecule has 3 rings (SSSR count). The highest BCUT2D eigenvalue weighted by molar-refractivity contribution is 7.09. The zero-order valence-electron chi connectivity index (χ0n) is 11.0. The van der Waals surface area contributed by atoms with Crippen molar-refractivity contribution in [3.8, 4) is 0 Å². The second-order valence-electron chi connectivity index (χ2n) is 5.60. The van der Waals surface area contributed by atoms with Crippen LogP contribution < -0.4 is 0 Å². The Morgan fingerprint density at radius 3 is 2.95 bits per heavy atom. The second kappa shape index (κ2) is 5.59. The minimum Gasteiger partial charge on any atom is -0.392 e. The number of aliphatic hydroxyl groups is 1. The van der Waals surface area contributed by atoms with Crippen LogP contribution in [-0.2, 0) is 4.79 Å². The molecule has 0 radical (unpaired) electrons. The Kier molecular flexibility index (Phi) is 3.84. The van der Waals surface area contributed by atoms with Gasteiger partial charge in [0.05, 0.1) is 17.0 Å². The largest absolute Gasteiger partial charge is 0.392 e. The summed E-state index contributed by atoms with van der Waals surface area (Å²) < 4.78 is 0. The van der Waals surface area contributed by atoms with E-state index >= 15 is 0 Å². The van der Waals surface area contributed by atoms with Gasteiger partial charge in [0.1, 0.15) is 0 Å². The molecule has 0 spiro atoms. The number of piperidine rings is 1. The fourth-order valence-corrected chi connectivity index (χ4v) is 4.05. The highest BCUT2D eigenvalue weighted by Crippen LogP contribution is 2.32. The van der Waals surface area contributed by atoms with Crippen LogP contribution in [0.5, 0.6) is 0 Å². The van der Waals surface area contributed by atoms with Crippen molar-refractivity contribution in [2.45, 2.75) is 44.1 Å². The maximum absolute atomic E-state index is 12.5. The lowest BCUT2D eigenvalue weighted by molar-refractivity contribution is -0.139. The summed E-state index contributed by atoms with van der Waals surface area (Å²) in [6.45, 7) is 1.61. The van der Waals surface area contributed by atoms with E-state index in [-0.39, 0.29) is 11.8 Å². The molecule has 1 aliphatic heterocycles. The Hall–Kier alpha value is -0.940. The summed E-state index contributed by atoms with van der Waals surface area (Å²) in [7, 11) is 0. The minimum atomic E-state index is -0.423. The fraction of sp³-hybridized carbons (Fsp3) is 0.714. The van der Waals surface area contributed by atoms with E-state index in [2.05, 4.69) is 4.98 Å². The number of carbonyl (C=O) groups excluding carboxylic acids is 1. The number of hydrogen-bond acceptors (Lipinski definition) is 4. The molecule has 2 fully saturated rings. The first-order valence-corrected chi connectivity index (χ1v) is 8.00. The molecule has 104 valence electrons. The van der Waals surface area contributed by atoms with Gasteiger partial charge in [0.25, 0.3) is 0 Å².